The molecule has 0 amide bonds. The molecular formula is C7H4Cl3NO. The number of hydrogen-bond acceptors (Lipinski definition) is 2. The molecule has 2 N–H and O–H groups in total. The number of hydrogen-bond donors (Lipinski definition) is 1. The Morgan fingerprint density at radius 3 is 2.00 bits per heavy atom. The first kappa shape index (κ1) is 9.65. The van der Waals surface area contributed by atoms with Crippen LogP contribution in [0.4, 0.5) is 5.69 Å². The highest BCUT2D eigenvalue weighted by molar-refractivity contribution is 6.68. The van der Waals surface area contributed by atoms with Crippen molar-refractivity contribution in [3.63, 3.8) is 0 Å². The summed E-state index contributed by atoms with van der Waals surface area (Å²) in [5.74, 6) is 0. The molecule has 0 radical (unpaired) electrons. The van der Waals surface area contributed by atoms with Crippen LogP contribution in [-0.4, -0.2) is 5.24 Å². The summed E-state index contributed by atoms with van der Waals surface area (Å²) in [5, 5.41) is -0.156. The molecule has 0 spiro atoms. The molecule has 0 saturated heterocycles. The zero-order valence-corrected chi connectivity index (χ0v) is 8.04. The molecule has 1 aromatic rings. The molecule has 5 heteroatoms. The molecule has 0 aromatic heterocycles. The monoisotopic (exact) mass is 223 g/mol. The van der Waals surface area contributed by atoms with Crippen LogP contribution in [0.2, 0.25) is 10.0 Å². The molecule has 0 aliphatic heterocycles. The summed E-state index contributed by atoms with van der Waals surface area (Å²) in [6.07, 6.45) is 0. The maximum absolute atomic E-state index is 10.7. The summed E-state index contributed by atoms with van der Waals surface area (Å²) in [4.78, 5) is 10.7. The minimum atomic E-state index is -0.612. The molecular weight excluding hydrogens is 220 g/mol. The van der Waals surface area contributed by atoms with Gasteiger partial charge in [-0.2, -0.15) is 0 Å². The Labute approximate surface area is 84.2 Å². The molecule has 0 atom stereocenters. The fourth-order valence-corrected chi connectivity index (χ4v) is 1.29. The van der Waals surface area contributed by atoms with Gasteiger partial charge in [0.25, 0.3) is 5.24 Å². The molecule has 64 valence electrons. The second kappa shape index (κ2) is 3.52. The Morgan fingerprint density at radius 2 is 1.67 bits per heavy atom. The van der Waals surface area contributed by atoms with Crippen LogP contribution in [0.3, 0.4) is 0 Å². The van der Waals surface area contributed by atoms with E-state index in [1.165, 1.54) is 12.1 Å². The normalized spacial score (nSPS) is 9.92. The van der Waals surface area contributed by atoms with E-state index in [2.05, 4.69) is 0 Å². The van der Waals surface area contributed by atoms with Crippen molar-refractivity contribution >= 4 is 45.7 Å². The molecule has 0 saturated carbocycles. The largest absolute Gasteiger partial charge is 0.396 e. The van der Waals surface area contributed by atoms with E-state index in [1.54, 1.807) is 0 Å². The van der Waals surface area contributed by atoms with E-state index < -0.39 is 5.24 Å². The number of anilines is 1. The van der Waals surface area contributed by atoms with Gasteiger partial charge in [0.2, 0.25) is 0 Å². The number of nitrogens with two attached hydrogens (primary N) is 1. The van der Waals surface area contributed by atoms with Crippen molar-refractivity contribution in [3.05, 3.63) is 27.7 Å². The van der Waals surface area contributed by atoms with Crippen molar-refractivity contribution < 1.29 is 4.79 Å². The predicted molar refractivity (Wildman–Crippen MR) is 51.1 cm³/mol. The molecule has 2 nitrogen and oxygen atoms in total. The predicted octanol–water partition coefficient (Wildman–Crippen LogP) is 2.95. The summed E-state index contributed by atoms with van der Waals surface area (Å²) >= 11 is 16.5. The lowest BCUT2D eigenvalue weighted by molar-refractivity contribution is 0.108. The topological polar surface area (TPSA) is 43.1 Å². The Hall–Kier alpha value is -0.440. The Kier molecular flexibility index (Phi) is 2.83. The van der Waals surface area contributed by atoms with E-state index in [0.29, 0.717) is 0 Å². The van der Waals surface area contributed by atoms with Gasteiger partial charge in [-0.3, -0.25) is 4.79 Å². The average molecular weight is 224 g/mol. The van der Waals surface area contributed by atoms with Crippen LogP contribution in [0.1, 0.15) is 10.4 Å². The van der Waals surface area contributed by atoms with E-state index >= 15 is 0 Å². The van der Waals surface area contributed by atoms with Gasteiger partial charge in [-0.15, -0.1) is 0 Å². The first-order valence-corrected chi connectivity index (χ1v) is 4.10. The quantitative estimate of drug-likeness (QED) is 0.589. The summed E-state index contributed by atoms with van der Waals surface area (Å²) in [6.45, 7) is 0. The van der Waals surface area contributed by atoms with Crippen molar-refractivity contribution in [2.24, 2.45) is 0 Å². The number of carbonyl (C=O) groups excluding carboxylic acids is 1. The SMILES string of the molecule is Nc1c(Cl)cc(C(=O)Cl)cc1Cl. The number of carbonyl (C=O) groups is 1. The van der Waals surface area contributed by atoms with Crippen molar-refractivity contribution in [3.8, 4) is 0 Å². The zero-order chi connectivity index (χ0) is 9.30. The highest BCUT2D eigenvalue weighted by Gasteiger charge is 2.08. The van der Waals surface area contributed by atoms with Gasteiger partial charge in [0.1, 0.15) is 0 Å². The van der Waals surface area contributed by atoms with E-state index in [-0.39, 0.29) is 21.3 Å². The van der Waals surface area contributed by atoms with Crippen molar-refractivity contribution in [2.45, 2.75) is 0 Å². The molecule has 1 rings (SSSR count). The average Bonchev–Trinajstić information content (AvgIpc) is 1.99. The number of halogens is 3. The van der Waals surface area contributed by atoms with Crippen LogP contribution in [0.15, 0.2) is 12.1 Å². The molecule has 0 fully saturated rings. The van der Waals surface area contributed by atoms with Crippen LogP contribution in [-0.2, 0) is 0 Å². The van der Waals surface area contributed by atoms with Crippen molar-refractivity contribution in [1.29, 1.82) is 0 Å². The Balaban J connectivity index is 3.31. The second-order valence-electron chi connectivity index (χ2n) is 2.13. The van der Waals surface area contributed by atoms with Crippen LogP contribution in [0, 0.1) is 0 Å². The summed E-state index contributed by atoms with van der Waals surface area (Å²) in [6, 6.07) is 2.75. The van der Waals surface area contributed by atoms with Gasteiger partial charge in [0, 0.05) is 5.56 Å². The maximum Gasteiger partial charge on any atom is 0.252 e. The van der Waals surface area contributed by atoms with Crippen LogP contribution >= 0.6 is 34.8 Å². The number of rotatable bonds is 1. The molecule has 0 aliphatic carbocycles. The lowest BCUT2D eigenvalue weighted by atomic mass is 10.2. The van der Waals surface area contributed by atoms with Crippen molar-refractivity contribution in [2.75, 3.05) is 5.73 Å². The first-order chi connectivity index (χ1) is 5.52. The number of nitrogen functional groups attached to an aromatic ring is 1. The number of benzene rings is 1. The van der Waals surface area contributed by atoms with Crippen LogP contribution in [0.5, 0.6) is 0 Å². The van der Waals surface area contributed by atoms with E-state index in [0.717, 1.165) is 0 Å². The van der Waals surface area contributed by atoms with Gasteiger partial charge < -0.3 is 5.73 Å². The van der Waals surface area contributed by atoms with Gasteiger partial charge in [0.05, 0.1) is 15.7 Å². The molecule has 12 heavy (non-hydrogen) atoms. The first-order valence-electron chi connectivity index (χ1n) is 2.96. The Bertz CT molecular complexity index is 314. The highest BCUT2D eigenvalue weighted by Crippen LogP contribution is 2.29. The van der Waals surface area contributed by atoms with E-state index in [4.69, 9.17) is 40.5 Å². The van der Waals surface area contributed by atoms with E-state index in [1.807, 2.05) is 0 Å². The summed E-state index contributed by atoms with van der Waals surface area (Å²) in [5.41, 5.74) is 5.92. The molecule has 0 unspecified atom stereocenters. The van der Waals surface area contributed by atoms with Gasteiger partial charge in [-0.1, -0.05) is 23.2 Å². The molecule has 0 heterocycles. The van der Waals surface area contributed by atoms with Gasteiger partial charge >= 0.3 is 0 Å². The van der Waals surface area contributed by atoms with Crippen LogP contribution in [0.25, 0.3) is 0 Å². The minimum Gasteiger partial charge on any atom is -0.396 e. The maximum atomic E-state index is 10.7. The fourth-order valence-electron chi connectivity index (χ4n) is 0.698. The highest BCUT2D eigenvalue weighted by atomic mass is 35.5. The standard InChI is InChI=1S/C7H4Cl3NO/c8-4-1-3(7(10)12)2-5(9)6(4)11/h1-2H,11H2. The van der Waals surface area contributed by atoms with Gasteiger partial charge in [-0.25, -0.2) is 0 Å². The van der Waals surface area contributed by atoms with Crippen molar-refractivity contribution in [1.82, 2.24) is 0 Å². The van der Waals surface area contributed by atoms with Gasteiger partial charge in [-0.05, 0) is 23.7 Å². The zero-order valence-electron chi connectivity index (χ0n) is 5.77. The minimum absolute atomic E-state index is 0.228. The third kappa shape index (κ3) is 1.83. The lowest BCUT2D eigenvalue weighted by Gasteiger charge is -2.01. The third-order valence-corrected chi connectivity index (χ3v) is 2.15. The smallest absolute Gasteiger partial charge is 0.252 e. The summed E-state index contributed by atoms with van der Waals surface area (Å²) < 4.78 is 0. The molecule has 1 aromatic carbocycles. The molecule has 0 aliphatic rings. The second-order valence-corrected chi connectivity index (χ2v) is 3.28. The van der Waals surface area contributed by atoms with Crippen LogP contribution < -0.4 is 5.73 Å². The molecule has 0 bridgehead atoms. The lowest BCUT2D eigenvalue weighted by Crippen LogP contribution is -1.93. The third-order valence-electron chi connectivity index (χ3n) is 1.31. The summed E-state index contributed by atoms with van der Waals surface area (Å²) in [7, 11) is 0. The fraction of sp³-hybridized carbons (Fsp3) is 0. The van der Waals surface area contributed by atoms with E-state index in [9.17, 15) is 4.79 Å². The van der Waals surface area contributed by atoms with Gasteiger partial charge in [0.15, 0.2) is 0 Å². The Morgan fingerprint density at radius 1 is 1.25 bits per heavy atom.